The van der Waals surface area contributed by atoms with E-state index in [-0.39, 0.29) is 5.56 Å². The van der Waals surface area contributed by atoms with Crippen molar-refractivity contribution in [2.45, 2.75) is 0 Å². The number of hydrogen-bond donors (Lipinski definition) is 0. The average molecular weight is 786 g/mol. The number of nitrogens with zero attached hydrogens (tertiary/aromatic N) is 1. The lowest BCUT2D eigenvalue weighted by atomic mass is 9.94. The standard InChI is InChI=1S/C55H31NOS2/c57-55-43-16-2-1-13-40(43)47-30-39(35-12-8-11-34(26-35)38-21-24-53-46(29-38)42-15-4-6-18-51(42)59-53)31-48-44-27-36(19-22-49(44)56(55)54(47)48)32-9-7-10-33(25-32)37-20-23-52-45(28-37)41-14-3-5-17-50(41)58-52/h1-31H. The number of fused-ring (bicyclic) bond motifs is 11. The van der Waals surface area contributed by atoms with E-state index in [9.17, 15) is 4.79 Å². The second-order valence-corrected chi connectivity index (χ2v) is 17.8. The molecular weight excluding hydrogens is 755 g/mol. The summed E-state index contributed by atoms with van der Waals surface area (Å²) < 4.78 is 7.19. The fourth-order valence-corrected chi connectivity index (χ4v) is 11.7. The Morgan fingerprint density at radius 1 is 0.288 bits per heavy atom. The van der Waals surface area contributed by atoms with Gasteiger partial charge in [-0.2, -0.15) is 0 Å². The highest BCUT2D eigenvalue weighted by atomic mass is 32.1. The third-order valence-electron chi connectivity index (χ3n) is 12.3. The van der Waals surface area contributed by atoms with Crippen LogP contribution in [0, 0.1) is 0 Å². The zero-order valence-corrected chi connectivity index (χ0v) is 33.2. The van der Waals surface area contributed by atoms with Crippen LogP contribution in [-0.2, 0) is 0 Å². The molecule has 0 aliphatic rings. The van der Waals surface area contributed by atoms with Crippen LogP contribution in [0.5, 0.6) is 0 Å². The lowest BCUT2D eigenvalue weighted by Gasteiger charge is -2.11. The summed E-state index contributed by atoms with van der Waals surface area (Å²) in [5, 5.41) is 10.2. The van der Waals surface area contributed by atoms with Crippen molar-refractivity contribution in [2.24, 2.45) is 0 Å². The molecule has 0 saturated carbocycles. The molecule has 0 spiro atoms. The first-order valence-corrected chi connectivity index (χ1v) is 21.6. The monoisotopic (exact) mass is 785 g/mol. The fourth-order valence-electron chi connectivity index (χ4n) is 9.50. The Kier molecular flexibility index (Phi) is 6.94. The van der Waals surface area contributed by atoms with Crippen LogP contribution in [-0.4, -0.2) is 4.40 Å². The van der Waals surface area contributed by atoms with Crippen LogP contribution in [0.25, 0.3) is 123 Å². The zero-order chi connectivity index (χ0) is 38.8. The molecule has 0 unspecified atom stereocenters. The fraction of sp³-hybridized carbons (Fsp3) is 0. The molecular formula is C55H31NOS2. The summed E-state index contributed by atoms with van der Waals surface area (Å²) in [5.74, 6) is 0. The van der Waals surface area contributed by atoms with E-state index in [1.165, 1.54) is 62.6 Å². The summed E-state index contributed by atoms with van der Waals surface area (Å²) in [6, 6.07) is 68.0. The number of aromatic nitrogens is 1. The van der Waals surface area contributed by atoms with Crippen molar-refractivity contribution < 1.29 is 0 Å². The molecule has 0 aliphatic carbocycles. The molecule has 4 aromatic heterocycles. The Balaban J connectivity index is 0.987. The third kappa shape index (κ3) is 4.94. The van der Waals surface area contributed by atoms with Crippen molar-refractivity contribution in [1.82, 2.24) is 4.40 Å². The quantitative estimate of drug-likeness (QED) is 0.163. The number of thiophene rings is 2. The molecule has 4 heteroatoms. The summed E-state index contributed by atoms with van der Waals surface area (Å²) in [6.07, 6.45) is 0. The van der Waals surface area contributed by atoms with Gasteiger partial charge in [0.2, 0.25) is 0 Å². The summed E-state index contributed by atoms with van der Waals surface area (Å²) >= 11 is 3.69. The van der Waals surface area contributed by atoms with Crippen LogP contribution in [0.3, 0.4) is 0 Å². The Labute approximate surface area is 346 Å². The van der Waals surface area contributed by atoms with E-state index in [4.69, 9.17) is 0 Å². The molecule has 0 saturated heterocycles. The normalized spacial score (nSPS) is 12.1. The van der Waals surface area contributed by atoms with Crippen molar-refractivity contribution in [2.75, 3.05) is 0 Å². The molecule has 274 valence electrons. The average Bonchev–Trinajstić information content (AvgIpc) is 3.97. The minimum Gasteiger partial charge on any atom is -0.275 e. The molecule has 59 heavy (non-hydrogen) atoms. The van der Waals surface area contributed by atoms with Crippen molar-refractivity contribution in [3.63, 3.8) is 0 Å². The van der Waals surface area contributed by atoms with Gasteiger partial charge in [-0.25, -0.2) is 0 Å². The summed E-state index contributed by atoms with van der Waals surface area (Å²) in [5.41, 5.74) is 11.2. The predicted octanol–water partition coefficient (Wildman–Crippen LogP) is 15.6. The van der Waals surface area contributed by atoms with E-state index in [1.54, 1.807) is 0 Å². The highest BCUT2D eigenvalue weighted by Gasteiger charge is 2.20. The minimum atomic E-state index is 0.0188. The first kappa shape index (κ1) is 32.9. The molecule has 0 N–H and O–H groups in total. The van der Waals surface area contributed by atoms with Crippen molar-refractivity contribution in [3.05, 3.63) is 198 Å². The number of benzene rings is 9. The van der Waals surface area contributed by atoms with E-state index in [0.717, 1.165) is 60.2 Å². The van der Waals surface area contributed by atoms with E-state index < -0.39 is 0 Å². The summed E-state index contributed by atoms with van der Waals surface area (Å²) in [4.78, 5) is 14.4. The van der Waals surface area contributed by atoms with Gasteiger partial charge in [-0.3, -0.25) is 9.20 Å². The topological polar surface area (TPSA) is 21.5 Å². The Morgan fingerprint density at radius 2 is 0.695 bits per heavy atom. The second-order valence-electron chi connectivity index (χ2n) is 15.6. The number of pyridine rings is 1. The van der Waals surface area contributed by atoms with Gasteiger partial charge < -0.3 is 0 Å². The molecule has 0 bridgehead atoms. The smallest absolute Gasteiger partial charge is 0.263 e. The Bertz CT molecular complexity index is 3940. The maximum Gasteiger partial charge on any atom is 0.263 e. The van der Waals surface area contributed by atoms with E-state index in [0.29, 0.717) is 0 Å². The third-order valence-corrected chi connectivity index (χ3v) is 14.6. The van der Waals surface area contributed by atoms with E-state index in [2.05, 4.69) is 170 Å². The minimum absolute atomic E-state index is 0.0188. The Morgan fingerprint density at radius 3 is 1.27 bits per heavy atom. The summed E-state index contributed by atoms with van der Waals surface area (Å²) in [6.45, 7) is 0. The van der Waals surface area contributed by atoms with Crippen molar-refractivity contribution in [3.8, 4) is 44.5 Å². The van der Waals surface area contributed by atoms with E-state index in [1.807, 2.05) is 45.3 Å². The van der Waals surface area contributed by atoms with Gasteiger partial charge in [0, 0.05) is 61.9 Å². The molecule has 0 radical (unpaired) electrons. The van der Waals surface area contributed by atoms with Gasteiger partial charge in [0.1, 0.15) is 0 Å². The molecule has 0 amide bonds. The van der Waals surface area contributed by atoms with Crippen LogP contribution >= 0.6 is 22.7 Å². The number of rotatable bonds is 4. The second kappa shape index (κ2) is 12.4. The molecule has 0 aliphatic heterocycles. The molecule has 2 nitrogen and oxygen atoms in total. The van der Waals surface area contributed by atoms with Crippen LogP contribution < -0.4 is 5.56 Å². The largest absolute Gasteiger partial charge is 0.275 e. The summed E-state index contributed by atoms with van der Waals surface area (Å²) in [7, 11) is 0. The molecule has 4 heterocycles. The molecule has 0 atom stereocenters. The van der Waals surface area contributed by atoms with Crippen LogP contribution in [0.15, 0.2) is 193 Å². The van der Waals surface area contributed by atoms with Gasteiger partial charge in [-0.15, -0.1) is 22.7 Å². The highest BCUT2D eigenvalue weighted by molar-refractivity contribution is 7.26. The van der Waals surface area contributed by atoms with Crippen molar-refractivity contribution >= 4 is 101 Å². The van der Waals surface area contributed by atoms with Gasteiger partial charge in [0.05, 0.1) is 11.0 Å². The van der Waals surface area contributed by atoms with Crippen LogP contribution in [0.2, 0.25) is 0 Å². The van der Waals surface area contributed by atoms with Crippen LogP contribution in [0.4, 0.5) is 0 Å². The molecule has 13 aromatic rings. The Hall–Kier alpha value is -7.11. The van der Waals surface area contributed by atoms with Gasteiger partial charge in [-0.1, -0.05) is 109 Å². The maximum absolute atomic E-state index is 14.4. The lowest BCUT2D eigenvalue weighted by Crippen LogP contribution is -2.12. The van der Waals surface area contributed by atoms with Gasteiger partial charge in [-0.05, 0) is 129 Å². The highest BCUT2D eigenvalue weighted by Crippen LogP contribution is 2.42. The van der Waals surface area contributed by atoms with Gasteiger partial charge >= 0.3 is 0 Å². The molecule has 0 fully saturated rings. The lowest BCUT2D eigenvalue weighted by molar-refractivity contribution is 1.21. The maximum atomic E-state index is 14.4. The first-order chi connectivity index (χ1) is 29.1. The first-order valence-electron chi connectivity index (χ1n) is 19.9. The molecule has 9 aromatic carbocycles. The molecule has 13 rings (SSSR count). The van der Waals surface area contributed by atoms with Crippen molar-refractivity contribution in [1.29, 1.82) is 0 Å². The van der Waals surface area contributed by atoms with Crippen LogP contribution in [0.1, 0.15) is 0 Å². The van der Waals surface area contributed by atoms with Gasteiger partial charge in [0.15, 0.2) is 0 Å². The SMILES string of the molecule is O=c1c2ccccc2c2cc(-c3cccc(-c4ccc5sc6ccccc6c5c4)c3)cc3c4cc(-c5cccc(-c6ccc7sc8ccccc8c7c6)c5)ccc4n1c23. The number of hydrogen-bond acceptors (Lipinski definition) is 3. The zero-order valence-electron chi connectivity index (χ0n) is 31.6. The van der Waals surface area contributed by atoms with Gasteiger partial charge in [0.25, 0.3) is 5.56 Å². The predicted molar refractivity (Wildman–Crippen MR) is 255 cm³/mol. The van der Waals surface area contributed by atoms with E-state index >= 15 is 0 Å².